The van der Waals surface area contributed by atoms with Crippen LogP contribution in [-0.2, 0) is 16.0 Å². The first-order chi connectivity index (χ1) is 11.7. The van der Waals surface area contributed by atoms with Gasteiger partial charge in [-0.2, -0.15) is 4.98 Å². The van der Waals surface area contributed by atoms with Crippen LogP contribution in [-0.4, -0.2) is 29.7 Å². The van der Waals surface area contributed by atoms with Gasteiger partial charge in [-0.15, -0.1) is 0 Å². The molecule has 3 rings (SSSR count). The predicted octanol–water partition coefficient (Wildman–Crippen LogP) is 2.98. The number of anilines is 1. The number of phenols is 1. The number of esters is 1. The maximum Gasteiger partial charge on any atom is 0.310 e. The first-order valence-electron chi connectivity index (χ1n) is 7.61. The van der Waals surface area contributed by atoms with Crippen LogP contribution < -0.4 is 5.32 Å². The molecule has 1 atom stereocenters. The SMILES string of the molecule is COC(=O)C(CNc1nc2ccccc2o1)Cc1ccc(O)cc1. The van der Waals surface area contributed by atoms with E-state index in [9.17, 15) is 9.90 Å². The first-order valence-corrected chi connectivity index (χ1v) is 7.61. The van der Waals surface area contributed by atoms with Crippen molar-refractivity contribution >= 4 is 23.1 Å². The number of benzene rings is 2. The van der Waals surface area contributed by atoms with E-state index < -0.39 is 5.92 Å². The van der Waals surface area contributed by atoms with E-state index in [-0.39, 0.29) is 11.7 Å². The van der Waals surface area contributed by atoms with Crippen molar-refractivity contribution in [2.45, 2.75) is 6.42 Å². The molecular weight excluding hydrogens is 308 g/mol. The number of aromatic nitrogens is 1. The Hall–Kier alpha value is -3.02. The molecule has 0 bridgehead atoms. The van der Waals surface area contributed by atoms with Crippen LogP contribution in [0, 0.1) is 5.92 Å². The van der Waals surface area contributed by atoms with Crippen LogP contribution in [0.1, 0.15) is 5.56 Å². The molecule has 0 radical (unpaired) electrons. The third kappa shape index (κ3) is 3.65. The fourth-order valence-electron chi connectivity index (χ4n) is 2.48. The third-order valence-corrected chi connectivity index (χ3v) is 3.75. The number of rotatable bonds is 6. The highest BCUT2D eigenvalue weighted by atomic mass is 16.5. The van der Waals surface area contributed by atoms with Gasteiger partial charge in [0.25, 0.3) is 6.01 Å². The smallest absolute Gasteiger partial charge is 0.310 e. The average molecular weight is 326 g/mol. The van der Waals surface area contributed by atoms with Crippen molar-refractivity contribution in [3.05, 3.63) is 54.1 Å². The molecule has 1 unspecified atom stereocenters. The number of ether oxygens (including phenoxy) is 1. The zero-order valence-corrected chi connectivity index (χ0v) is 13.2. The lowest BCUT2D eigenvalue weighted by molar-refractivity contribution is -0.144. The Bertz CT molecular complexity index is 793. The topological polar surface area (TPSA) is 84.6 Å². The van der Waals surface area contributed by atoms with Gasteiger partial charge in [0.15, 0.2) is 5.58 Å². The number of methoxy groups -OCH3 is 1. The molecule has 1 aromatic heterocycles. The fraction of sp³-hybridized carbons (Fsp3) is 0.222. The van der Waals surface area contributed by atoms with Crippen LogP contribution in [0.5, 0.6) is 5.75 Å². The second kappa shape index (κ2) is 7.04. The summed E-state index contributed by atoms with van der Waals surface area (Å²) in [6.45, 7) is 0.334. The normalized spacial score (nSPS) is 12.0. The van der Waals surface area contributed by atoms with Gasteiger partial charge >= 0.3 is 5.97 Å². The van der Waals surface area contributed by atoms with Gasteiger partial charge in [0.05, 0.1) is 13.0 Å². The zero-order chi connectivity index (χ0) is 16.9. The van der Waals surface area contributed by atoms with E-state index in [1.807, 2.05) is 24.3 Å². The summed E-state index contributed by atoms with van der Waals surface area (Å²) in [5, 5.41) is 12.4. The van der Waals surface area contributed by atoms with E-state index >= 15 is 0 Å². The molecule has 2 N–H and O–H groups in total. The van der Waals surface area contributed by atoms with Crippen LogP contribution >= 0.6 is 0 Å². The van der Waals surface area contributed by atoms with E-state index in [1.165, 1.54) is 7.11 Å². The van der Waals surface area contributed by atoms with Gasteiger partial charge in [-0.3, -0.25) is 4.79 Å². The van der Waals surface area contributed by atoms with Crippen LogP contribution in [0.15, 0.2) is 52.9 Å². The number of nitrogens with one attached hydrogen (secondary N) is 1. The largest absolute Gasteiger partial charge is 0.508 e. The number of para-hydroxylation sites is 2. The Labute approximate surface area is 139 Å². The fourth-order valence-corrected chi connectivity index (χ4v) is 2.48. The van der Waals surface area contributed by atoms with Crippen LogP contribution in [0.25, 0.3) is 11.1 Å². The summed E-state index contributed by atoms with van der Waals surface area (Å²) in [6, 6.07) is 14.6. The van der Waals surface area contributed by atoms with Crippen molar-refractivity contribution in [1.29, 1.82) is 0 Å². The van der Waals surface area contributed by atoms with Crippen LogP contribution in [0.4, 0.5) is 6.01 Å². The minimum absolute atomic E-state index is 0.193. The van der Waals surface area contributed by atoms with Crippen molar-refractivity contribution in [1.82, 2.24) is 4.98 Å². The lowest BCUT2D eigenvalue weighted by atomic mass is 9.99. The molecule has 6 nitrogen and oxygen atoms in total. The van der Waals surface area contributed by atoms with E-state index in [0.717, 1.165) is 11.1 Å². The quantitative estimate of drug-likeness (QED) is 0.678. The predicted molar refractivity (Wildman–Crippen MR) is 89.8 cm³/mol. The number of aromatic hydroxyl groups is 1. The van der Waals surface area contributed by atoms with E-state index in [2.05, 4.69) is 10.3 Å². The molecule has 0 saturated heterocycles. The number of hydrogen-bond donors (Lipinski definition) is 2. The molecule has 124 valence electrons. The maximum atomic E-state index is 12.0. The molecule has 0 aliphatic heterocycles. The van der Waals surface area contributed by atoms with Crippen molar-refractivity contribution in [3.63, 3.8) is 0 Å². The average Bonchev–Trinajstić information content (AvgIpc) is 3.02. The minimum atomic E-state index is -0.394. The molecule has 6 heteroatoms. The summed E-state index contributed by atoms with van der Waals surface area (Å²) in [7, 11) is 1.37. The van der Waals surface area contributed by atoms with Gasteiger partial charge in [-0.1, -0.05) is 24.3 Å². The van der Waals surface area contributed by atoms with Crippen molar-refractivity contribution < 1.29 is 19.1 Å². The van der Waals surface area contributed by atoms with Crippen LogP contribution in [0.3, 0.4) is 0 Å². The zero-order valence-electron chi connectivity index (χ0n) is 13.2. The summed E-state index contributed by atoms with van der Waals surface area (Å²) in [6.07, 6.45) is 0.486. The van der Waals surface area contributed by atoms with Gasteiger partial charge in [0, 0.05) is 6.54 Å². The molecule has 3 aromatic rings. The molecule has 0 fully saturated rings. The molecule has 0 aliphatic rings. The second-order valence-electron chi connectivity index (χ2n) is 5.46. The van der Waals surface area contributed by atoms with E-state index in [0.29, 0.717) is 24.6 Å². The molecule has 2 aromatic carbocycles. The van der Waals surface area contributed by atoms with Crippen LogP contribution in [0.2, 0.25) is 0 Å². The summed E-state index contributed by atoms with van der Waals surface area (Å²) in [5.41, 5.74) is 2.38. The first kappa shape index (κ1) is 15.9. The molecular formula is C18H18N2O4. The standard InChI is InChI=1S/C18H18N2O4/c1-23-17(22)13(10-12-6-8-14(21)9-7-12)11-19-18-20-15-4-2-3-5-16(15)24-18/h2-9,13,21H,10-11H2,1H3,(H,19,20). The van der Waals surface area contributed by atoms with Gasteiger partial charge in [-0.25, -0.2) is 0 Å². The number of nitrogens with zero attached hydrogens (tertiary/aromatic N) is 1. The highest BCUT2D eigenvalue weighted by molar-refractivity contribution is 5.75. The Morgan fingerprint density at radius 1 is 1.25 bits per heavy atom. The number of hydrogen-bond acceptors (Lipinski definition) is 6. The van der Waals surface area contributed by atoms with Gasteiger partial charge in [0.2, 0.25) is 0 Å². The molecule has 0 amide bonds. The number of carbonyl (C=O) groups is 1. The number of fused-ring (bicyclic) bond motifs is 1. The lowest BCUT2D eigenvalue weighted by Crippen LogP contribution is -2.26. The molecule has 0 spiro atoms. The molecule has 1 heterocycles. The number of oxazole rings is 1. The minimum Gasteiger partial charge on any atom is -0.508 e. The van der Waals surface area contributed by atoms with Gasteiger partial charge in [0.1, 0.15) is 11.3 Å². The number of phenolic OH excluding ortho intramolecular Hbond substituents is 1. The monoisotopic (exact) mass is 326 g/mol. The highest BCUT2D eigenvalue weighted by Gasteiger charge is 2.20. The summed E-state index contributed by atoms with van der Waals surface area (Å²) in [5.74, 6) is -0.515. The Morgan fingerprint density at radius 3 is 2.71 bits per heavy atom. The Kier molecular flexibility index (Phi) is 4.65. The highest BCUT2D eigenvalue weighted by Crippen LogP contribution is 2.19. The van der Waals surface area contributed by atoms with Crippen molar-refractivity contribution in [2.75, 3.05) is 19.0 Å². The Morgan fingerprint density at radius 2 is 2.00 bits per heavy atom. The van der Waals surface area contributed by atoms with Crippen molar-refractivity contribution in [2.24, 2.45) is 5.92 Å². The molecule has 24 heavy (non-hydrogen) atoms. The third-order valence-electron chi connectivity index (χ3n) is 3.75. The van der Waals surface area contributed by atoms with E-state index in [4.69, 9.17) is 9.15 Å². The molecule has 0 saturated carbocycles. The maximum absolute atomic E-state index is 12.0. The van der Waals surface area contributed by atoms with Gasteiger partial charge < -0.3 is 19.6 Å². The summed E-state index contributed by atoms with van der Waals surface area (Å²) in [4.78, 5) is 16.3. The van der Waals surface area contributed by atoms with Gasteiger partial charge in [-0.05, 0) is 36.2 Å². The second-order valence-corrected chi connectivity index (χ2v) is 5.46. The number of carbonyl (C=O) groups excluding carboxylic acids is 1. The van der Waals surface area contributed by atoms with Crippen molar-refractivity contribution in [3.8, 4) is 5.75 Å². The van der Waals surface area contributed by atoms with E-state index in [1.54, 1.807) is 24.3 Å². The molecule has 0 aliphatic carbocycles. The lowest BCUT2D eigenvalue weighted by Gasteiger charge is -2.14. The Balaban J connectivity index is 1.69. The summed E-state index contributed by atoms with van der Waals surface area (Å²) >= 11 is 0. The summed E-state index contributed by atoms with van der Waals surface area (Å²) < 4.78 is 10.5.